The lowest BCUT2D eigenvalue weighted by atomic mass is 10.2. The monoisotopic (exact) mass is 131 g/mol. The Morgan fingerprint density at radius 3 is 2.56 bits per heavy atom. The molecule has 0 radical (unpaired) electrons. The van der Waals surface area contributed by atoms with Crippen LogP contribution in [-0.4, -0.2) is 28.5 Å². The molecule has 4 nitrogen and oxygen atoms in total. The van der Waals surface area contributed by atoms with E-state index in [1.54, 1.807) is 0 Å². The molecule has 52 valence electrons. The summed E-state index contributed by atoms with van der Waals surface area (Å²) in [6.07, 6.45) is 1.03. The average molecular weight is 131 g/mol. The highest BCUT2D eigenvalue weighted by atomic mass is 16.4. The van der Waals surface area contributed by atoms with Gasteiger partial charge in [-0.15, -0.1) is 0 Å². The minimum atomic E-state index is -1.64. The van der Waals surface area contributed by atoms with Crippen LogP contribution in [0.1, 0.15) is 12.8 Å². The van der Waals surface area contributed by atoms with E-state index in [1.807, 2.05) is 0 Å². The second-order valence-electron chi connectivity index (χ2n) is 2.20. The fraction of sp³-hybridized carbons (Fsp3) is 0.800. The normalized spacial score (nSPS) is 34.8. The van der Waals surface area contributed by atoms with Crippen molar-refractivity contribution in [2.75, 3.05) is 6.54 Å². The van der Waals surface area contributed by atoms with Crippen LogP contribution in [0.4, 0.5) is 0 Å². The van der Waals surface area contributed by atoms with Crippen molar-refractivity contribution in [3.8, 4) is 0 Å². The van der Waals surface area contributed by atoms with E-state index in [9.17, 15) is 4.79 Å². The Hall–Kier alpha value is -0.610. The first-order valence-electron chi connectivity index (χ1n) is 2.86. The fourth-order valence-corrected chi connectivity index (χ4v) is 0.910. The van der Waals surface area contributed by atoms with Gasteiger partial charge in [-0.1, -0.05) is 0 Å². The number of aliphatic carboxylic acids is 1. The number of rotatable bonds is 1. The van der Waals surface area contributed by atoms with Crippen molar-refractivity contribution in [3.05, 3.63) is 0 Å². The Morgan fingerprint density at radius 1 is 1.67 bits per heavy atom. The van der Waals surface area contributed by atoms with Gasteiger partial charge in [-0.25, -0.2) is 4.79 Å². The minimum absolute atomic E-state index is 0.308. The van der Waals surface area contributed by atoms with Gasteiger partial charge in [0.25, 0.3) is 0 Å². The molecule has 4 heteroatoms. The molecule has 0 aromatic heterocycles. The SMILES string of the molecule is O=C(O)[C@]1(O)CCCN1. The molecule has 1 fully saturated rings. The van der Waals surface area contributed by atoms with E-state index >= 15 is 0 Å². The lowest BCUT2D eigenvalue weighted by Crippen LogP contribution is -2.47. The zero-order chi connectivity index (χ0) is 6.91. The summed E-state index contributed by atoms with van der Waals surface area (Å²) in [5, 5.41) is 19.9. The molecule has 3 N–H and O–H groups in total. The van der Waals surface area contributed by atoms with Gasteiger partial charge in [-0.2, -0.15) is 0 Å². The number of carboxylic acids is 1. The first-order valence-corrected chi connectivity index (χ1v) is 2.86. The quantitative estimate of drug-likeness (QED) is 0.433. The van der Waals surface area contributed by atoms with Gasteiger partial charge in [-0.3, -0.25) is 5.32 Å². The summed E-state index contributed by atoms with van der Waals surface area (Å²) in [6.45, 7) is 0.586. The van der Waals surface area contributed by atoms with Gasteiger partial charge in [-0.05, 0) is 13.0 Å². The van der Waals surface area contributed by atoms with Gasteiger partial charge in [0.05, 0.1) is 0 Å². The van der Waals surface area contributed by atoms with Gasteiger partial charge < -0.3 is 10.2 Å². The number of carbonyl (C=O) groups is 1. The molecule has 0 bridgehead atoms. The van der Waals surface area contributed by atoms with Crippen LogP contribution >= 0.6 is 0 Å². The van der Waals surface area contributed by atoms with Crippen molar-refractivity contribution >= 4 is 5.97 Å². The van der Waals surface area contributed by atoms with Crippen LogP contribution in [0.2, 0.25) is 0 Å². The van der Waals surface area contributed by atoms with E-state index in [1.165, 1.54) is 0 Å². The first-order chi connectivity index (χ1) is 4.15. The lowest BCUT2D eigenvalue weighted by Gasteiger charge is -2.15. The minimum Gasteiger partial charge on any atom is -0.478 e. The van der Waals surface area contributed by atoms with Crippen molar-refractivity contribution in [2.45, 2.75) is 18.6 Å². The smallest absolute Gasteiger partial charge is 0.351 e. The summed E-state index contributed by atoms with van der Waals surface area (Å²) in [7, 11) is 0. The molecule has 1 aliphatic heterocycles. The predicted octanol–water partition coefficient (Wildman–Crippen LogP) is -0.857. The maximum Gasteiger partial charge on any atom is 0.351 e. The third-order valence-electron chi connectivity index (χ3n) is 1.49. The van der Waals surface area contributed by atoms with Crippen molar-refractivity contribution in [1.29, 1.82) is 0 Å². The summed E-state index contributed by atoms with van der Waals surface area (Å²) in [5.41, 5.74) is -1.64. The van der Waals surface area contributed by atoms with Crippen molar-refractivity contribution in [3.63, 3.8) is 0 Å². The van der Waals surface area contributed by atoms with E-state index in [0.717, 1.165) is 6.42 Å². The highest BCUT2D eigenvalue weighted by Crippen LogP contribution is 2.14. The summed E-state index contributed by atoms with van der Waals surface area (Å²) >= 11 is 0. The van der Waals surface area contributed by atoms with Crippen LogP contribution in [0.3, 0.4) is 0 Å². The standard InChI is InChI=1S/C5H9NO3/c7-4(8)5(9)2-1-3-6-5/h6,9H,1-3H2,(H,7,8)/t5-/m1/s1. The van der Waals surface area contributed by atoms with E-state index in [-0.39, 0.29) is 0 Å². The zero-order valence-corrected chi connectivity index (χ0v) is 4.92. The van der Waals surface area contributed by atoms with Gasteiger partial charge in [0.1, 0.15) is 0 Å². The van der Waals surface area contributed by atoms with Crippen molar-refractivity contribution < 1.29 is 15.0 Å². The molecule has 0 saturated carbocycles. The third kappa shape index (κ3) is 1.04. The Kier molecular flexibility index (Phi) is 1.42. The molecule has 0 aromatic carbocycles. The van der Waals surface area contributed by atoms with E-state index in [0.29, 0.717) is 13.0 Å². The molecule has 0 unspecified atom stereocenters. The van der Waals surface area contributed by atoms with Crippen LogP contribution in [0.5, 0.6) is 0 Å². The molecule has 0 aromatic rings. The Morgan fingerprint density at radius 2 is 2.33 bits per heavy atom. The largest absolute Gasteiger partial charge is 0.478 e. The second-order valence-corrected chi connectivity index (χ2v) is 2.20. The molecular weight excluding hydrogens is 122 g/mol. The topological polar surface area (TPSA) is 69.6 Å². The van der Waals surface area contributed by atoms with Crippen LogP contribution in [0, 0.1) is 0 Å². The molecule has 0 amide bonds. The van der Waals surface area contributed by atoms with E-state index in [4.69, 9.17) is 10.2 Å². The van der Waals surface area contributed by atoms with Crippen LogP contribution < -0.4 is 5.32 Å². The van der Waals surface area contributed by atoms with Gasteiger partial charge in [0, 0.05) is 6.42 Å². The lowest BCUT2D eigenvalue weighted by molar-refractivity contribution is -0.160. The molecule has 9 heavy (non-hydrogen) atoms. The molecule has 1 saturated heterocycles. The van der Waals surface area contributed by atoms with Crippen LogP contribution in [-0.2, 0) is 4.79 Å². The predicted molar refractivity (Wildman–Crippen MR) is 29.8 cm³/mol. The molecule has 1 aliphatic rings. The maximum atomic E-state index is 10.2. The van der Waals surface area contributed by atoms with Crippen LogP contribution in [0.25, 0.3) is 0 Å². The average Bonchev–Trinajstić information content (AvgIpc) is 2.16. The second kappa shape index (κ2) is 1.97. The molecule has 0 aliphatic carbocycles. The highest BCUT2D eigenvalue weighted by molar-refractivity contribution is 5.76. The number of aliphatic hydroxyl groups is 1. The molecule has 1 atom stereocenters. The molecule has 1 rings (SSSR count). The fourth-order valence-electron chi connectivity index (χ4n) is 0.910. The summed E-state index contributed by atoms with van der Waals surface area (Å²) in [6, 6.07) is 0. The van der Waals surface area contributed by atoms with Crippen LogP contribution in [0.15, 0.2) is 0 Å². The van der Waals surface area contributed by atoms with E-state index in [2.05, 4.69) is 5.32 Å². The van der Waals surface area contributed by atoms with E-state index < -0.39 is 11.7 Å². The third-order valence-corrected chi connectivity index (χ3v) is 1.49. The van der Waals surface area contributed by atoms with Crippen molar-refractivity contribution in [1.82, 2.24) is 5.32 Å². The highest BCUT2D eigenvalue weighted by Gasteiger charge is 2.38. The summed E-state index contributed by atoms with van der Waals surface area (Å²) < 4.78 is 0. The number of hydrogen-bond acceptors (Lipinski definition) is 3. The Labute approximate surface area is 52.5 Å². The van der Waals surface area contributed by atoms with Gasteiger partial charge in [0.2, 0.25) is 5.72 Å². The summed E-state index contributed by atoms with van der Waals surface area (Å²) in [4.78, 5) is 10.2. The Bertz CT molecular complexity index is 128. The van der Waals surface area contributed by atoms with Gasteiger partial charge in [0.15, 0.2) is 0 Å². The number of hydrogen-bond donors (Lipinski definition) is 3. The zero-order valence-electron chi connectivity index (χ0n) is 4.92. The van der Waals surface area contributed by atoms with Crippen molar-refractivity contribution in [2.24, 2.45) is 0 Å². The molecular formula is C5H9NO3. The summed E-state index contributed by atoms with van der Waals surface area (Å²) in [5.74, 6) is -1.18. The molecule has 1 heterocycles. The first kappa shape index (κ1) is 6.51. The molecule has 0 spiro atoms. The Balaban J connectivity index is 2.61. The number of nitrogens with one attached hydrogen (secondary N) is 1. The van der Waals surface area contributed by atoms with Gasteiger partial charge >= 0.3 is 5.97 Å². The number of carboxylic acid groups (broad SMARTS) is 1. The maximum absolute atomic E-state index is 10.2.